The zero-order chi connectivity index (χ0) is 20.3. The van der Waals surface area contributed by atoms with Crippen molar-refractivity contribution in [3.05, 3.63) is 65.0 Å². The summed E-state index contributed by atoms with van der Waals surface area (Å²) < 4.78 is 64.5. The van der Waals surface area contributed by atoms with Crippen molar-refractivity contribution < 1.29 is 26.7 Å². The van der Waals surface area contributed by atoms with Gasteiger partial charge < -0.3 is 5.32 Å². The lowest BCUT2D eigenvalue weighted by Crippen LogP contribution is -2.35. The van der Waals surface area contributed by atoms with Crippen LogP contribution in [0.15, 0.2) is 47.6 Å². The summed E-state index contributed by atoms with van der Waals surface area (Å²) in [6.07, 6.45) is -5.14. The van der Waals surface area contributed by atoms with Gasteiger partial charge in [0.15, 0.2) is 0 Å². The average molecular weight is 397 g/mol. The Kier molecular flexibility index (Phi) is 5.71. The topological polar surface area (TPSA) is 54.4 Å². The van der Waals surface area contributed by atoms with Crippen LogP contribution in [0.1, 0.15) is 34.7 Å². The largest absolute Gasteiger partial charge is 0.416 e. The number of halogens is 5. The normalized spacial score (nSPS) is 16.7. The number of hydrogen-bond acceptors (Lipinski definition) is 3. The molecule has 0 saturated heterocycles. The molecule has 28 heavy (non-hydrogen) atoms. The van der Waals surface area contributed by atoms with Gasteiger partial charge in [-0.2, -0.15) is 18.2 Å². The summed E-state index contributed by atoms with van der Waals surface area (Å²) in [5, 5.41) is 2.35. The lowest BCUT2D eigenvalue weighted by molar-refractivity contribution is -0.137. The molecule has 2 heterocycles. The third-order valence-corrected chi connectivity index (χ3v) is 4.37. The fourth-order valence-corrected chi connectivity index (χ4v) is 3.05. The number of nitrogens with zero attached hydrogens (tertiary/aromatic N) is 2. The molecule has 1 aromatic heterocycles. The summed E-state index contributed by atoms with van der Waals surface area (Å²) in [4.78, 5) is 20.4. The number of benzene rings is 1. The molecule has 3 rings (SSSR count). The smallest absolute Gasteiger partial charge is 0.364 e. The molecule has 0 saturated carbocycles. The number of carbonyl (C=O) groups excluding carboxylic acids is 1. The van der Waals surface area contributed by atoms with E-state index in [1.54, 1.807) is 24.4 Å². The number of nitrogens with one attached hydrogen (secondary N) is 1. The zero-order valence-electron chi connectivity index (χ0n) is 14.5. The van der Waals surface area contributed by atoms with Gasteiger partial charge in [-0.05, 0) is 42.7 Å². The summed E-state index contributed by atoms with van der Waals surface area (Å²) in [5.74, 6) is -1.71. The van der Waals surface area contributed by atoms with Crippen LogP contribution in [0, 0.1) is 0 Å². The van der Waals surface area contributed by atoms with E-state index in [2.05, 4.69) is 15.3 Å². The van der Waals surface area contributed by atoms with Gasteiger partial charge in [0, 0.05) is 17.5 Å². The first-order valence-electron chi connectivity index (χ1n) is 8.51. The predicted octanol–water partition coefficient (Wildman–Crippen LogP) is 3.96. The molecule has 1 N–H and O–H groups in total. The van der Waals surface area contributed by atoms with Gasteiger partial charge >= 0.3 is 6.18 Å². The summed E-state index contributed by atoms with van der Waals surface area (Å²) in [5.41, 5.74) is 0.133. The molecule has 148 valence electrons. The second-order valence-electron chi connectivity index (χ2n) is 6.28. The number of aliphatic imine (C=N–C) groups is 1. The van der Waals surface area contributed by atoms with E-state index in [-0.39, 0.29) is 23.4 Å². The highest BCUT2D eigenvalue weighted by atomic mass is 19.4. The lowest BCUT2D eigenvalue weighted by Gasteiger charge is -2.25. The zero-order valence-corrected chi connectivity index (χ0v) is 14.5. The molecule has 1 aliphatic rings. The first-order valence-corrected chi connectivity index (χ1v) is 8.51. The molecular weight excluding hydrogens is 381 g/mol. The fraction of sp³-hybridized carbons (Fsp3) is 0.316. The van der Waals surface area contributed by atoms with E-state index >= 15 is 0 Å². The van der Waals surface area contributed by atoms with Gasteiger partial charge in [0.2, 0.25) is 0 Å². The van der Waals surface area contributed by atoms with Crippen LogP contribution in [0.3, 0.4) is 0 Å². The molecule has 1 aromatic carbocycles. The second-order valence-corrected chi connectivity index (χ2v) is 6.28. The monoisotopic (exact) mass is 397 g/mol. The van der Waals surface area contributed by atoms with Gasteiger partial charge in [0.05, 0.1) is 18.0 Å². The van der Waals surface area contributed by atoms with E-state index in [0.29, 0.717) is 12.1 Å². The minimum absolute atomic E-state index is 0.127. The number of hydrogen-bond donors (Lipinski definition) is 1. The lowest BCUT2D eigenvalue weighted by atomic mass is 9.85. The molecule has 1 aliphatic heterocycles. The number of pyridine rings is 1. The van der Waals surface area contributed by atoms with E-state index in [9.17, 15) is 26.7 Å². The van der Waals surface area contributed by atoms with Gasteiger partial charge in [0.25, 0.3) is 12.3 Å². The number of aryl methyl sites for hydroxylation is 1. The molecule has 0 spiro atoms. The highest BCUT2D eigenvalue weighted by Crippen LogP contribution is 2.36. The van der Waals surface area contributed by atoms with Crippen molar-refractivity contribution in [3.8, 4) is 0 Å². The highest BCUT2D eigenvalue weighted by molar-refractivity contribution is 6.11. The minimum Gasteiger partial charge on any atom is -0.364 e. The Balaban J connectivity index is 1.94. The predicted molar refractivity (Wildman–Crippen MR) is 92.3 cm³/mol. The summed E-state index contributed by atoms with van der Waals surface area (Å²) >= 11 is 0. The molecular formula is C19H16F5N3O. The van der Waals surface area contributed by atoms with Crippen LogP contribution < -0.4 is 5.32 Å². The molecule has 4 nitrogen and oxygen atoms in total. The second kappa shape index (κ2) is 8.04. The number of rotatable bonds is 5. The van der Waals surface area contributed by atoms with Gasteiger partial charge in [0.1, 0.15) is 5.84 Å². The number of amides is 1. The Morgan fingerprint density at radius 3 is 2.57 bits per heavy atom. The standard InChI is InChI=1S/C19H16F5N3O/c20-16(21)10-26-17-13-6-4-11(19(22,23)24)9-15(13)14(18(28)27-17)7-5-12-3-1-2-8-25-12/h1-4,6,8-9,14,16H,5,7,10H2,(H,26,27,28). The van der Waals surface area contributed by atoms with Gasteiger partial charge in [-0.25, -0.2) is 8.78 Å². The van der Waals surface area contributed by atoms with E-state index < -0.39 is 36.5 Å². The third-order valence-electron chi connectivity index (χ3n) is 4.37. The van der Waals surface area contributed by atoms with Crippen LogP contribution in [0.4, 0.5) is 22.0 Å². The Morgan fingerprint density at radius 1 is 1.14 bits per heavy atom. The van der Waals surface area contributed by atoms with E-state index in [1.807, 2.05) is 0 Å². The van der Waals surface area contributed by atoms with Gasteiger partial charge in [-0.15, -0.1) is 0 Å². The fourth-order valence-electron chi connectivity index (χ4n) is 3.05. The van der Waals surface area contributed by atoms with Crippen LogP contribution in [0.2, 0.25) is 0 Å². The summed E-state index contributed by atoms with van der Waals surface area (Å²) in [6, 6.07) is 8.16. The maximum Gasteiger partial charge on any atom is 0.416 e. The van der Waals surface area contributed by atoms with E-state index in [4.69, 9.17) is 0 Å². The molecule has 0 fully saturated rings. The van der Waals surface area contributed by atoms with Gasteiger partial charge in [-0.3, -0.25) is 9.78 Å². The number of alkyl halides is 5. The maximum absolute atomic E-state index is 13.1. The van der Waals surface area contributed by atoms with Crippen LogP contribution in [-0.4, -0.2) is 29.7 Å². The molecule has 1 atom stereocenters. The van der Waals surface area contributed by atoms with Gasteiger partial charge in [-0.1, -0.05) is 12.1 Å². The van der Waals surface area contributed by atoms with Crippen molar-refractivity contribution in [2.24, 2.45) is 4.99 Å². The van der Waals surface area contributed by atoms with E-state index in [1.165, 1.54) is 0 Å². The number of carbonyl (C=O) groups is 1. The van der Waals surface area contributed by atoms with Crippen LogP contribution in [0.25, 0.3) is 0 Å². The average Bonchev–Trinajstić information content (AvgIpc) is 2.65. The van der Waals surface area contributed by atoms with Crippen molar-refractivity contribution in [2.75, 3.05) is 6.54 Å². The molecule has 9 heteroatoms. The first kappa shape index (κ1) is 19.9. The maximum atomic E-state index is 13.1. The summed E-state index contributed by atoms with van der Waals surface area (Å²) in [7, 11) is 0. The highest BCUT2D eigenvalue weighted by Gasteiger charge is 2.35. The number of fused-ring (bicyclic) bond motifs is 1. The van der Waals surface area contributed by atoms with E-state index in [0.717, 1.165) is 18.2 Å². The summed E-state index contributed by atoms with van der Waals surface area (Å²) in [6.45, 7) is -0.759. The quantitative estimate of drug-likeness (QED) is 0.778. The number of amidine groups is 1. The van der Waals surface area contributed by atoms with Crippen LogP contribution >= 0.6 is 0 Å². The van der Waals surface area contributed by atoms with Crippen molar-refractivity contribution in [1.82, 2.24) is 10.3 Å². The molecule has 1 unspecified atom stereocenters. The number of aromatic nitrogens is 1. The Hall–Kier alpha value is -2.84. The first-order chi connectivity index (χ1) is 13.3. The van der Waals surface area contributed by atoms with Crippen LogP contribution in [-0.2, 0) is 17.4 Å². The minimum atomic E-state index is -4.59. The van der Waals surface area contributed by atoms with Crippen molar-refractivity contribution in [1.29, 1.82) is 0 Å². The Labute approximate surface area is 157 Å². The molecule has 0 bridgehead atoms. The molecule has 2 aromatic rings. The van der Waals surface area contributed by atoms with Crippen molar-refractivity contribution >= 4 is 11.7 Å². The Morgan fingerprint density at radius 2 is 1.93 bits per heavy atom. The third kappa shape index (κ3) is 4.52. The molecule has 0 aliphatic carbocycles. The molecule has 1 amide bonds. The van der Waals surface area contributed by atoms with Crippen molar-refractivity contribution in [2.45, 2.75) is 31.4 Å². The Bertz CT molecular complexity index is 881. The van der Waals surface area contributed by atoms with Crippen molar-refractivity contribution in [3.63, 3.8) is 0 Å². The molecule has 0 radical (unpaired) electrons. The van der Waals surface area contributed by atoms with Crippen LogP contribution in [0.5, 0.6) is 0 Å². The SMILES string of the molecule is O=C1N=C(NCC(F)F)c2ccc(C(F)(F)F)cc2C1CCc1ccccn1.